The maximum Gasteiger partial charge on any atom is 0.342 e. The molecule has 0 aliphatic rings. The Hall–Kier alpha value is -2.73. The Morgan fingerprint density at radius 1 is 1.08 bits per heavy atom. The Labute approximate surface area is 157 Å². The molecule has 26 heavy (non-hydrogen) atoms. The molecular formula is C19H20ClNO5. The van der Waals surface area contributed by atoms with E-state index in [-0.39, 0.29) is 11.6 Å². The molecule has 138 valence electrons. The molecule has 1 atom stereocenters. The molecule has 6 nitrogen and oxygen atoms in total. The maximum atomic E-state index is 12.2. The van der Waals surface area contributed by atoms with Gasteiger partial charge in [0.2, 0.25) is 0 Å². The van der Waals surface area contributed by atoms with Crippen molar-refractivity contribution in [3.8, 4) is 11.5 Å². The zero-order valence-corrected chi connectivity index (χ0v) is 15.5. The normalized spacial score (nSPS) is 11.4. The molecular weight excluding hydrogens is 358 g/mol. The number of hydrogen-bond acceptors (Lipinski definition) is 5. The summed E-state index contributed by atoms with van der Waals surface area (Å²) in [5.74, 6) is -0.204. The van der Waals surface area contributed by atoms with Crippen molar-refractivity contribution in [3.05, 3.63) is 58.6 Å². The summed E-state index contributed by atoms with van der Waals surface area (Å²) in [7, 11) is 2.95. The fourth-order valence-corrected chi connectivity index (χ4v) is 2.42. The molecule has 0 bridgehead atoms. The molecule has 0 saturated heterocycles. The van der Waals surface area contributed by atoms with Gasteiger partial charge in [-0.3, -0.25) is 4.79 Å². The molecule has 0 aliphatic carbocycles. The van der Waals surface area contributed by atoms with Gasteiger partial charge in [-0.15, -0.1) is 0 Å². The number of carbonyl (C=O) groups excluding carboxylic acids is 2. The molecule has 0 saturated carbocycles. The highest BCUT2D eigenvalue weighted by molar-refractivity contribution is 6.30. The molecule has 0 aromatic heterocycles. The first-order valence-electron chi connectivity index (χ1n) is 7.88. The van der Waals surface area contributed by atoms with Crippen molar-refractivity contribution < 1.29 is 23.8 Å². The zero-order valence-electron chi connectivity index (χ0n) is 14.7. The third-order valence-electron chi connectivity index (χ3n) is 3.71. The number of nitrogens with one attached hydrogen (secondary N) is 1. The summed E-state index contributed by atoms with van der Waals surface area (Å²) in [5.41, 5.74) is 1.11. The lowest BCUT2D eigenvalue weighted by Crippen LogP contribution is -2.31. The molecule has 0 radical (unpaired) electrons. The summed E-state index contributed by atoms with van der Waals surface area (Å²) in [5, 5.41) is 3.38. The fraction of sp³-hybridized carbons (Fsp3) is 0.263. The van der Waals surface area contributed by atoms with E-state index in [9.17, 15) is 9.59 Å². The van der Waals surface area contributed by atoms with Crippen LogP contribution in [0.2, 0.25) is 5.02 Å². The number of benzene rings is 2. The maximum absolute atomic E-state index is 12.2. The predicted molar refractivity (Wildman–Crippen MR) is 97.8 cm³/mol. The van der Waals surface area contributed by atoms with Gasteiger partial charge in [0.25, 0.3) is 5.91 Å². The van der Waals surface area contributed by atoms with Gasteiger partial charge in [0, 0.05) is 11.1 Å². The van der Waals surface area contributed by atoms with Crippen molar-refractivity contribution >= 4 is 23.5 Å². The third kappa shape index (κ3) is 5.13. The Morgan fingerprint density at radius 3 is 2.38 bits per heavy atom. The quantitative estimate of drug-likeness (QED) is 0.748. The number of ether oxygens (including phenoxy) is 3. The molecule has 0 spiro atoms. The van der Waals surface area contributed by atoms with Crippen molar-refractivity contribution in [1.29, 1.82) is 0 Å². The summed E-state index contributed by atoms with van der Waals surface area (Å²) in [6.07, 6.45) is 0. The monoisotopic (exact) mass is 377 g/mol. The Kier molecular flexibility index (Phi) is 6.86. The number of carbonyl (C=O) groups is 2. The van der Waals surface area contributed by atoms with E-state index < -0.39 is 18.5 Å². The van der Waals surface area contributed by atoms with Crippen LogP contribution in [0.3, 0.4) is 0 Å². The summed E-state index contributed by atoms with van der Waals surface area (Å²) in [4.78, 5) is 24.2. The first-order chi connectivity index (χ1) is 12.4. The Balaban J connectivity index is 1.92. The highest BCUT2D eigenvalue weighted by atomic mass is 35.5. The van der Waals surface area contributed by atoms with Crippen molar-refractivity contribution in [2.24, 2.45) is 0 Å². The van der Waals surface area contributed by atoms with Crippen LogP contribution in [0.15, 0.2) is 42.5 Å². The van der Waals surface area contributed by atoms with Gasteiger partial charge in [-0.05, 0) is 36.8 Å². The minimum atomic E-state index is -0.654. The lowest BCUT2D eigenvalue weighted by Gasteiger charge is -2.15. The molecule has 0 aliphatic heterocycles. The second-order valence-electron chi connectivity index (χ2n) is 5.48. The average Bonchev–Trinajstić information content (AvgIpc) is 2.65. The van der Waals surface area contributed by atoms with Crippen molar-refractivity contribution in [2.75, 3.05) is 20.8 Å². The molecule has 1 N–H and O–H groups in total. The van der Waals surface area contributed by atoms with E-state index in [2.05, 4.69) is 5.32 Å². The Morgan fingerprint density at radius 2 is 1.77 bits per heavy atom. The van der Waals surface area contributed by atoms with Crippen LogP contribution >= 0.6 is 11.6 Å². The molecule has 0 fully saturated rings. The minimum absolute atomic E-state index is 0.215. The van der Waals surface area contributed by atoms with Gasteiger partial charge in [-0.2, -0.15) is 0 Å². The van der Waals surface area contributed by atoms with Crippen LogP contribution in [0, 0.1) is 0 Å². The lowest BCUT2D eigenvalue weighted by atomic mass is 10.1. The summed E-state index contributed by atoms with van der Waals surface area (Å²) >= 11 is 5.85. The predicted octanol–water partition coefficient (Wildman–Crippen LogP) is 3.39. The summed E-state index contributed by atoms with van der Waals surface area (Å²) in [6, 6.07) is 11.6. The van der Waals surface area contributed by atoms with Crippen LogP contribution in [-0.2, 0) is 9.53 Å². The fourth-order valence-electron chi connectivity index (χ4n) is 2.29. The van der Waals surface area contributed by atoms with Crippen LogP contribution in [0.1, 0.15) is 28.9 Å². The van der Waals surface area contributed by atoms with Gasteiger partial charge in [-0.1, -0.05) is 23.7 Å². The highest BCUT2D eigenvalue weighted by Gasteiger charge is 2.17. The van der Waals surface area contributed by atoms with Gasteiger partial charge < -0.3 is 19.5 Å². The van der Waals surface area contributed by atoms with E-state index >= 15 is 0 Å². The second-order valence-corrected chi connectivity index (χ2v) is 5.92. The van der Waals surface area contributed by atoms with Gasteiger partial charge in [0.05, 0.1) is 20.3 Å². The number of halogens is 1. The Bertz CT molecular complexity index is 776. The van der Waals surface area contributed by atoms with Crippen molar-refractivity contribution in [3.63, 3.8) is 0 Å². The first-order valence-corrected chi connectivity index (χ1v) is 8.26. The highest BCUT2D eigenvalue weighted by Crippen LogP contribution is 2.25. The average molecular weight is 378 g/mol. The third-order valence-corrected chi connectivity index (χ3v) is 3.96. The summed E-state index contributed by atoms with van der Waals surface area (Å²) < 4.78 is 15.3. The first kappa shape index (κ1) is 19.6. The molecule has 7 heteroatoms. The van der Waals surface area contributed by atoms with E-state index in [0.717, 1.165) is 5.56 Å². The minimum Gasteiger partial charge on any atom is -0.497 e. The van der Waals surface area contributed by atoms with Crippen LogP contribution < -0.4 is 14.8 Å². The molecule has 0 unspecified atom stereocenters. The number of rotatable bonds is 7. The van der Waals surface area contributed by atoms with E-state index in [1.54, 1.807) is 24.3 Å². The molecule has 2 aromatic rings. The smallest absolute Gasteiger partial charge is 0.342 e. The molecule has 0 heterocycles. The largest absolute Gasteiger partial charge is 0.497 e. The van der Waals surface area contributed by atoms with Crippen molar-refractivity contribution in [2.45, 2.75) is 13.0 Å². The van der Waals surface area contributed by atoms with Crippen LogP contribution in [0.4, 0.5) is 0 Å². The topological polar surface area (TPSA) is 73.9 Å². The molecule has 2 rings (SSSR count). The number of esters is 1. The zero-order chi connectivity index (χ0) is 19.1. The van der Waals surface area contributed by atoms with Gasteiger partial charge in [0.15, 0.2) is 6.61 Å². The number of hydrogen-bond donors (Lipinski definition) is 1. The second kappa shape index (κ2) is 9.10. The molecule has 2 aromatic carbocycles. The van der Waals surface area contributed by atoms with E-state index in [4.69, 9.17) is 25.8 Å². The van der Waals surface area contributed by atoms with Gasteiger partial charge in [0.1, 0.15) is 17.1 Å². The van der Waals surface area contributed by atoms with Crippen LogP contribution in [-0.4, -0.2) is 32.7 Å². The van der Waals surface area contributed by atoms with Crippen LogP contribution in [0.25, 0.3) is 0 Å². The van der Waals surface area contributed by atoms with Crippen molar-refractivity contribution in [1.82, 2.24) is 5.32 Å². The van der Waals surface area contributed by atoms with E-state index in [1.807, 2.05) is 19.1 Å². The van der Waals surface area contributed by atoms with Gasteiger partial charge >= 0.3 is 5.97 Å². The number of amides is 1. The van der Waals surface area contributed by atoms with Gasteiger partial charge in [-0.25, -0.2) is 4.79 Å². The van der Waals surface area contributed by atoms with Crippen LogP contribution in [0.5, 0.6) is 11.5 Å². The molecule has 1 amide bonds. The lowest BCUT2D eigenvalue weighted by molar-refractivity contribution is -0.124. The van der Waals surface area contributed by atoms with E-state index in [0.29, 0.717) is 16.5 Å². The SMILES string of the molecule is COc1ccc(C(=O)OCC(=O)N[C@H](C)c2ccc(Cl)cc2)c(OC)c1. The number of methoxy groups -OCH3 is 2. The van der Waals surface area contributed by atoms with E-state index in [1.165, 1.54) is 20.3 Å². The standard InChI is InChI=1S/C19H20ClNO5/c1-12(13-4-6-14(20)7-5-13)21-18(22)11-26-19(23)16-9-8-15(24-2)10-17(16)25-3/h4-10,12H,11H2,1-3H3,(H,21,22)/t12-/m1/s1. The summed E-state index contributed by atoms with van der Waals surface area (Å²) in [6.45, 7) is 1.43.